The fraction of sp³-hybridized carbons (Fsp3) is 0.481. The number of methoxy groups -OCH3 is 2. The lowest BCUT2D eigenvalue weighted by molar-refractivity contribution is -0.126. The van der Waals surface area contributed by atoms with E-state index in [1.54, 1.807) is 18.2 Å². The molecular weight excluding hydrogens is 441 g/mol. The van der Waals surface area contributed by atoms with Crippen LogP contribution in [0.4, 0.5) is 13.2 Å². The number of halogens is 3. The van der Waals surface area contributed by atoms with Gasteiger partial charge in [-0.2, -0.15) is 13.2 Å². The Hall–Kier alpha value is -2.67. The third-order valence-corrected chi connectivity index (χ3v) is 6.87. The number of alkyl halides is 3. The highest BCUT2D eigenvalue weighted by molar-refractivity contribution is 5.91. The summed E-state index contributed by atoms with van der Waals surface area (Å²) in [6.07, 6.45) is -0.835. The standard InChI is InChI=1S/C27H33F3N2O2/c1-4-5-12-32-13-10-18(11-14-32)19-6-8-23-21(15-19)22(17-27(28,29)30)26(31-23)20-7-9-24(33-2)25(16-20)34-3/h6-9,15-16,18,31H,4-5,10-14,17H2,1-3H3. The van der Waals surface area contributed by atoms with Crippen molar-refractivity contribution >= 4 is 10.9 Å². The number of rotatable bonds is 8. The first-order chi connectivity index (χ1) is 16.3. The lowest BCUT2D eigenvalue weighted by Crippen LogP contribution is -2.33. The van der Waals surface area contributed by atoms with Gasteiger partial charge in [-0.3, -0.25) is 0 Å². The van der Waals surface area contributed by atoms with E-state index in [1.165, 1.54) is 27.1 Å². The highest BCUT2D eigenvalue weighted by Crippen LogP contribution is 2.40. The summed E-state index contributed by atoms with van der Waals surface area (Å²) in [6, 6.07) is 11.2. The number of aromatic amines is 1. The molecular formula is C27H33F3N2O2. The number of unbranched alkanes of at least 4 members (excludes halogenated alkanes) is 1. The number of ether oxygens (including phenoxy) is 2. The van der Waals surface area contributed by atoms with Crippen molar-refractivity contribution in [3.05, 3.63) is 47.5 Å². The van der Waals surface area contributed by atoms with E-state index >= 15 is 0 Å². The van der Waals surface area contributed by atoms with Gasteiger partial charge in [0.1, 0.15) is 0 Å². The van der Waals surface area contributed by atoms with E-state index in [0.717, 1.165) is 38.0 Å². The number of piperidine rings is 1. The monoisotopic (exact) mass is 474 g/mol. The van der Waals surface area contributed by atoms with Gasteiger partial charge in [-0.1, -0.05) is 19.4 Å². The van der Waals surface area contributed by atoms with Gasteiger partial charge in [-0.15, -0.1) is 0 Å². The molecule has 1 fully saturated rings. The maximum absolute atomic E-state index is 13.6. The van der Waals surface area contributed by atoms with Gasteiger partial charge >= 0.3 is 6.18 Å². The molecule has 0 bridgehead atoms. The lowest BCUT2D eigenvalue weighted by Gasteiger charge is -2.32. The molecule has 4 nitrogen and oxygen atoms in total. The van der Waals surface area contributed by atoms with Crippen LogP contribution in [-0.2, 0) is 6.42 Å². The summed E-state index contributed by atoms with van der Waals surface area (Å²) in [6.45, 7) is 5.42. The summed E-state index contributed by atoms with van der Waals surface area (Å²) in [4.78, 5) is 5.75. The van der Waals surface area contributed by atoms with Crippen LogP contribution in [0.25, 0.3) is 22.2 Å². The maximum Gasteiger partial charge on any atom is 0.393 e. The third kappa shape index (κ3) is 5.35. The Morgan fingerprint density at radius 1 is 1.00 bits per heavy atom. The first-order valence-corrected chi connectivity index (χ1v) is 12.0. The minimum Gasteiger partial charge on any atom is -0.493 e. The summed E-state index contributed by atoms with van der Waals surface area (Å²) in [5.74, 6) is 1.39. The van der Waals surface area contributed by atoms with E-state index in [4.69, 9.17) is 9.47 Å². The van der Waals surface area contributed by atoms with Gasteiger partial charge in [-0.25, -0.2) is 0 Å². The van der Waals surface area contributed by atoms with Gasteiger partial charge in [0.05, 0.1) is 26.3 Å². The predicted molar refractivity (Wildman–Crippen MR) is 130 cm³/mol. The Bertz CT molecular complexity index is 1110. The number of aromatic nitrogens is 1. The summed E-state index contributed by atoms with van der Waals surface area (Å²) >= 11 is 0. The number of nitrogens with one attached hydrogen (secondary N) is 1. The van der Waals surface area contributed by atoms with Crippen LogP contribution in [0.5, 0.6) is 11.5 Å². The molecule has 184 valence electrons. The van der Waals surface area contributed by atoms with E-state index < -0.39 is 12.6 Å². The van der Waals surface area contributed by atoms with Gasteiger partial charge in [0.25, 0.3) is 0 Å². The summed E-state index contributed by atoms with van der Waals surface area (Å²) in [7, 11) is 3.05. The fourth-order valence-electron chi connectivity index (χ4n) is 5.01. The molecule has 0 unspecified atom stereocenters. The van der Waals surface area contributed by atoms with E-state index in [1.807, 2.05) is 12.1 Å². The number of fused-ring (bicyclic) bond motifs is 1. The van der Waals surface area contributed by atoms with Crippen molar-refractivity contribution in [1.82, 2.24) is 9.88 Å². The second kappa shape index (κ2) is 10.3. The highest BCUT2D eigenvalue weighted by Gasteiger charge is 2.32. The topological polar surface area (TPSA) is 37.5 Å². The molecule has 3 aromatic rings. The van der Waals surface area contributed by atoms with E-state index in [9.17, 15) is 13.2 Å². The van der Waals surface area contributed by atoms with Crippen molar-refractivity contribution in [3.63, 3.8) is 0 Å². The number of hydrogen-bond acceptors (Lipinski definition) is 3. The predicted octanol–water partition coefficient (Wildman–Crippen LogP) is 6.94. The molecule has 1 aliphatic rings. The molecule has 1 aliphatic heterocycles. The number of benzene rings is 2. The van der Waals surface area contributed by atoms with Crippen molar-refractivity contribution < 1.29 is 22.6 Å². The zero-order chi connectivity index (χ0) is 24.3. The van der Waals surface area contributed by atoms with Crippen LogP contribution in [0, 0.1) is 0 Å². The minimum atomic E-state index is -4.32. The smallest absolute Gasteiger partial charge is 0.393 e. The molecule has 1 saturated heterocycles. The maximum atomic E-state index is 13.6. The Kier molecular flexibility index (Phi) is 7.41. The van der Waals surface area contributed by atoms with Crippen molar-refractivity contribution in [3.8, 4) is 22.8 Å². The zero-order valence-corrected chi connectivity index (χ0v) is 20.1. The molecule has 0 saturated carbocycles. The van der Waals surface area contributed by atoms with Gasteiger partial charge in [0.15, 0.2) is 11.5 Å². The number of nitrogens with zero attached hydrogens (tertiary/aromatic N) is 1. The molecule has 1 aromatic heterocycles. The largest absolute Gasteiger partial charge is 0.493 e. The van der Waals surface area contributed by atoms with Crippen LogP contribution >= 0.6 is 0 Å². The molecule has 4 rings (SSSR count). The molecule has 2 heterocycles. The van der Waals surface area contributed by atoms with E-state index in [-0.39, 0.29) is 5.56 Å². The summed E-state index contributed by atoms with van der Waals surface area (Å²) in [5, 5.41) is 0.646. The average Bonchev–Trinajstić information content (AvgIpc) is 3.18. The first kappa shape index (κ1) is 24.5. The molecule has 0 amide bonds. The summed E-state index contributed by atoms with van der Waals surface area (Å²) in [5.41, 5.74) is 3.23. The second-order valence-electron chi connectivity index (χ2n) is 9.11. The summed E-state index contributed by atoms with van der Waals surface area (Å²) < 4.78 is 51.6. The van der Waals surface area contributed by atoms with Crippen LogP contribution in [0.15, 0.2) is 36.4 Å². The quantitative estimate of drug-likeness (QED) is 0.384. The third-order valence-electron chi connectivity index (χ3n) is 6.87. The molecule has 1 N–H and O–H groups in total. The van der Waals surface area contributed by atoms with Gasteiger partial charge < -0.3 is 19.4 Å². The van der Waals surface area contributed by atoms with Gasteiger partial charge in [0, 0.05) is 16.5 Å². The van der Waals surface area contributed by atoms with Crippen molar-refractivity contribution in [2.24, 2.45) is 0 Å². The SMILES string of the molecule is CCCCN1CCC(c2ccc3[nH]c(-c4ccc(OC)c(OC)c4)c(CC(F)(F)F)c3c2)CC1. The molecule has 0 atom stereocenters. The molecule has 2 aromatic carbocycles. The molecule has 0 aliphatic carbocycles. The Morgan fingerprint density at radius 2 is 1.74 bits per heavy atom. The van der Waals surface area contributed by atoms with Crippen molar-refractivity contribution in [1.29, 1.82) is 0 Å². The Morgan fingerprint density at radius 3 is 2.38 bits per heavy atom. The van der Waals surface area contributed by atoms with Crippen LogP contribution in [-0.4, -0.2) is 49.9 Å². The Labute approximate surface area is 199 Å². The van der Waals surface area contributed by atoms with E-state index in [0.29, 0.717) is 39.6 Å². The highest BCUT2D eigenvalue weighted by atomic mass is 19.4. The van der Waals surface area contributed by atoms with Crippen LogP contribution in [0.3, 0.4) is 0 Å². The lowest BCUT2D eigenvalue weighted by atomic mass is 9.88. The van der Waals surface area contributed by atoms with Gasteiger partial charge in [0.2, 0.25) is 0 Å². The zero-order valence-electron chi connectivity index (χ0n) is 20.1. The van der Waals surface area contributed by atoms with E-state index in [2.05, 4.69) is 22.9 Å². The Balaban J connectivity index is 1.70. The molecule has 34 heavy (non-hydrogen) atoms. The first-order valence-electron chi connectivity index (χ1n) is 12.0. The number of hydrogen-bond donors (Lipinski definition) is 1. The normalized spacial score (nSPS) is 15.7. The van der Waals surface area contributed by atoms with Crippen molar-refractivity contribution in [2.75, 3.05) is 33.9 Å². The van der Waals surface area contributed by atoms with Crippen molar-refractivity contribution in [2.45, 2.75) is 51.1 Å². The number of H-pyrrole nitrogens is 1. The number of likely N-dealkylation sites (tertiary alicyclic amines) is 1. The molecule has 7 heteroatoms. The minimum absolute atomic E-state index is 0.275. The van der Waals surface area contributed by atoms with Crippen LogP contribution < -0.4 is 9.47 Å². The van der Waals surface area contributed by atoms with Crippen LogP contribution in [0.2, 0.25) is 0 Å². The van der Waals surface area contributed by atoms with Crippen LogP contribution in [0.1, 0.15) is 49.7 Å². The average molecular weight is 475 g/mol. The molecule has 0 radical (unpaired) electrons. The van der Waals surface area contributed by atoms with Gasteiger partial charge in [-0.05, 0) is 86.3 Å². The fourth-order valence-corrected chi connectivity index (χ4v) is 5.01. The molecule has 0 spiro atoms. The second-order valence-corrected chi connectivity index (χ2v) is 9.11.